The molecule has 1 heterocycles. The number of thiophene rings is 1. The largest absolute Gasteiger partial charge is 0.307 e. The summed E-state index contributed by atoms with van der Waals surface area (Å²) in [5.41, 5.74) is 4.42. The predicted molar refractivity (Wildman–Crippen MR) is 105 cm³/mol. The Bertz CT molecular complexity index is 628. The van der Waals surface area contributed by atoms with Crippen LogP contribution in [0.25, 0.3) is 0 Å². The van der Waals surface area contributed by atoms with Crippen molar-refractivity contribution in [3.63, 3.8) is 0 Å². The van der Waals surface area contributed by atoms with E-state index in [0.717, 1.165) is 26.1 Å². The summed E-state index contributed by atoms with van der Waals surface area (Å²) >= 11 is 1.92. The van der Waals surface area contributed by atoms with Gasteiger partial charge in [0.25, 0.3) is 0 Å². The molecule has 0 radical (unpaired) electrons. The zero-order valence-corrected chi connectivity index (χ0v) is 16.0. The van der Waals surface area contributed by atoms with Crippen LogP contribution in [-0.2, 0) is 12.8 Å². The summed E-state index contributed by atoms with van der Waals surface area (Å²) < 4.78 is 0. The number of nitrogens with one attached hydrogen (secondary N) is 1. The van der Waals surface area contributed by atoms with Crippen molar-refractivity contribution in [1.29, 1.82) is 0 Å². The van der Waals surface area contributed by atoms with Gasteiger partial charge in [-0.05, 0) is 60.5 Å². The van der Waals surface area contributed by atoms with Crippen molar-refractivity contribution >= 4 is 11.3 Å². The molecule has 1 aromatic heterocycles. The van der Waals surface area contributed by atoms with E-state index in [9.17, 15) is 0 Å². The van der Waals surface area contributed by atoms with Crippen LogP contribution in [0, 0.1) is 0 Å². The second kappa shape index (κ2) is 8.28. The van der Waals surface area contributed by atoms with Crippen molar-refractivity contribution < 1.29 is 0 Å². The van der Waals surface area contributed by atoms with Crippen LogP contribution in [0.3, 0.4) is 0 Å². The van der Waals surface area contributed by atoms with E-state index in [1.165, 1.54) is 24.0 Å². The maximum absolute atomic E-state index is 3.87. The van der Waals surface area contributed by atoms with Crippen LogP contribution in [0.15, 0.2) is 35.7 Å². The van der Waals surface area contributed by atoms with Gasteiger partial charge in [-0.2, -0.15) is 0 Å². The molecule has 0 fully saturated rings. The minimum Gasteiger partial charge on any atom is -0.307 e. The van der Waals surface area contributed by atoms with Crippen LogP contribution in [0.5, 0.6) is 0 Å². The Labute approximate surface area is 150 Å². The zero-order chi connectivity index (χ0) is 16.9. The normalized spacial score (nSPS) is 18.1. The number of likely N-dealkylation sites (N-methyl/N-ethyl adjacent to an activating group) is 1. The molecule has 1 aliphatic carbocycles. The van der Waals surface area contributed by atoms with E-state index in [2.05, 4.69) is 66.7 Å². The third-order valence-electron chi connectivity index (χ3n) is 5.38. The SMILES string of the molecule is CCc1ccc(C(CNC2CCc3ccsc32)N(CC)CC)cc1. The average Bonchev–Trinajstić information content (AvgIpc) is 3.23. The topological polar surface area (TPSA) is 15.3 Å². The molecule has 3 heteroatoms. The van der Waals surface area contributed by atoms with Gasteiger partial charge >= 0.3 is 0 Å². The molecule has 0 saturated heterocycles. The number of hydrogen-bond donors (Lipinski definition) is 1. The highest BCUT2D eigenvalue weighted by molar-refractivity contribution is 7.10. The van der Waals surface area contributed by atoms with Crippen molar-refractivity contribution in [2.75, 3.05) is 19.6 Å². The molecule has 0 saturated carbocycles. The molecular formula is C21H30N2S. The second-order valence-corrected chi connectivity index (χ2v) is 7.59. The first-order valence-corrected chi connectivity index (χ1v) is 10.3. The summed E-state index contributed by atoms with van der Waals surface area (Å²) in [5, 5.41) is 6.11. The molecule has 3 rings (SSSR count). The minimum atomic E-state index is 0.454. The fourth-order valence-corrected chi connectivity index (χ4v) is 4.90. The van der Waals surface area contributed by atoms with Gasteiger partial charge in [-0.3, -0.25) is 4.90 Å². The lowest BCUT2D eigenvalue weighted by Crippen LogP contribution is -2.36. The molecule has 2 aromatic rings. The molecule has 1 N–H and O–H groups in total. The molecule has 1 aromatic carbocycles. The van der Waals surface area contributed by atoms with Crippen molar-refractivity contribution in [2.45, 2.75) is 52.1 Å². The lowest BCUT2D eigenvalue weighted by Gasteiger charge is -2.31. The monoisotopic (exact) mass is 342 g/mol. The van der Waals surface area contributed by atoms with E-state index < -0.39 is 0 Å². The summed E-state index contributed by atoms with van der Waals surface area (Å²) in [7, 11) is 0. The van der Waals surface area contributed by atoms with Gasteiger partial charge in [0, 0.05) is 23.5 Å². The van der Waals surface area contributed by atoms with Crippen LogP contribution in [0.1, 0.15) is 60.8 Å². The number of benzene rings is 1. The number of hydrogen-bond acceptors (Lipinski definition) is 3. The smallest absolute Gasteiger partial charge is 0.0472 e. The Kier molecular flexibility index (Phi) is 6.09. The Balaban J connectivity index is 1.72. The predicted octanol–water partition coefficient (Wildman–Crippen LogP) is 4.97. The number of fused-ring (bicyclic) bond motifs is 1. The molecule has 2 unspecified atom stereocenters. The van der Waals surface area contributed by atoms with Gasteiger partial charge in [-0.1, -0.05) is 45.0 Å². The molecular weight excluding hydrogens is 312 g/mol. The third kappa shape index (κ3) is 3.74. The molecule has 24 heavy (non-hydrogen) atoms. The summed E-state index contributed by atoms with van der Waals surface area (Å²) in [6.45, 7) is 9.96. The summed E-state index contributed by atoms with van der Waals surface area (Å²) in [5.74, 6) is 0. The number of rotatable bonds is 8. The van der Waals surface area contributed by atoms with Gasteiger partial charge in [0.1, 0.15) is 0 Å². The molecule has 1 aliphatic rings. The van der Waals surface area contributed by atoms with Gasteiger partial charge in [0.15, 0.2) is 0 Å². The van der Waals surface area contributed by atoms with Crippen molar-refractivity contribution in [3.8, 4) is 0 Å². The van der Waals surface area contributed by atoms with Gasteiger partial charge in [-0.25, -0.2) is 0 Å². The molecule has 130 valence electrons. The fourth-order valence-electron chi connectivity index (χ4n) is 3.84. The standard InChI is InChI=1S/C21H30N2S/c1-4-16-7-9-17(10-8-16)20(23(5-2)6-3)15-22-19-12-11-18-13-14-24-21(18)19/h7-10,13-14,19-20,22H,4-6,11-12,15H2,1-3H3. The molecule has 0 spiro atoms. The van der Waals surface area contributed by atoms with Gasteiger partial charge in [0.05, 0.1) is 0 Å². The Morgan fingerprint density at radius 3 is 2.54 bits per heavy atom. The van der Waals surface area contributed by atoms with E-state index in [4.69, 9.17) is 0 Å². The quantitative estimate of drug-likeness (QED) is 0.728. The van der Waals surface area contributed by atoms with E-state index in [1.54, 1.807) is 10.4 Å². The third-order valence-corrected chi connectivity index (χ3v) is 6.46. The lowest BCUT2D eigenvalue weighted by atomic mass is 10.0. The minimum absolute atomic E-state index is 0.454. The molecule has 0 aliphatic heterocycles. The Morgan fingerprint density at radius 2 is 1.88 bits per heavy atom. The van der Waals surface area contributed by atoms with Crippen molar-refractivity contribution in [3.05, 3.63) is 57.3 Å². The summed E-state index contributed by atoms with van der Waals surface area (Å²) in [6, 6.07) is 12.5. The first kappa shape index (κ1) is 17.7. The highest BCUT2D eigenvalue weighted by Crippen LogP contribution is 2.35. The van der Waals surface area contributed by atoms with E-state index in [0.29, 0.717) is 12.1 Å². The summed E-state index contributed by atoms with van der Waals surface area (Å²) in [4.78, 5) is 4.13. The highest BCUT2D eigenvalue weighted by Gasteiger charge is 2.25. The molecule has 2 nitrogen and oxygen atoms in total. The van der Waals surface area contributed by atoms with Gasteiger partial charge < -0.3 is 5.32 Å². The summed E-state index contributed by atoms with van der Waals surface area (Å²) in [6.07, 6.45) is 3.59. The molecule has 0 amide bonds. The van der Waals surface area contributed by atoms with Crippen LogP contribution < -0.4 is 5.32 Å². The first-order chi connectivity index (χ1) is 11.8. The fraction of sp³-hybridized carbons (Fsp3) is 0.524. The highest BCUT2D eigenvalue weighted by atomic mass is 32.1. The molecule has 0 bridgehead atoms. The Morgan fingerprint density at radius 1 is 1.12 bits per heavy atom. The number of aryl methyl sites for hydroxylation is 2. The zero-order valence-electron chi connectivity index (χ0n) is 15.2. The van der Waals surface area contributed by atoms with E-state index >= 15 is 0 Å². The van der Waals surface area contributed by atoms with Crippen LogP contribution in [0.2, 0.25) is 0 Å². The molecule has 2 atom stereocenters. The average molecular weight is 343 g/mol. The van der Waals surface area contributed by atoms with E-state index in [-0.39, 0.29) is 0 Å². The first-order valence-electron chi connectivity index (χ1n) is 9.39. The van der Waals surface area contributed by atoms with E-state index in [1.807, 2.05) is 11.3 Å². The number of nitrogens with zero attached hydrogens (tertiary/aromatic N) is 1. The lowest BCUT2D eigenvalue weighted by molar-refractivity contribution is 0.208. The van der Waals surface area contributed by atoms with Crippen molar-refractivity contribution in [1.82, 2.24) is 10.2 Å². The van der Waals surface area contributed by atoms with Gasteiger partial charge in [0.2, 0.25) is 0 Å². The van der Waals surface area contributed by atoms with Crippen LogP contribution >= 0.6 is 11.3 Å². The maximum atomic E-state index is 3.87. The van der Waals surface area contributed by atoms with Crippen molar-refractivity contribution in [2.24, 2.45) is 0 Å². The van der Waals surface area contributed by atoms with Gasteiger partial charge in [-0.15, -0.1) is 11.3 Å². The maximum Gasteiger partial charge on any atom is 0.0472 e. The van der Waals surface area contributed by atoms with Crippen LogP contribution in [-0.4, -0.2) is 24.5 Å². The second-order valence-electron chi connectivity index (χ2n) is 6.64. The Hall–Kier alpha value is -1.16. The van der Waals surface area contributed by atoms with Crippen LogP contribution in [0.4, 0.5) is 0 Å².